The van der Waals surface area contributed by atoms with E-state index in [1.165, 1.54) is 11.7 Å². The molecule has 0 aliphatic carbocycles. The van der Waals surface area contributed by atoms with Gasteiger partial charge in [-0.1, -0.05) is 23.9 Å². The lowest BCUT2D eigenvalue weighted by atomic mass is 10.2. The number of carbonyl (C=O) groups excluding carboxylic acids is 3. The number of thioether (sulfide) groups is 1. The summed E-state index contributed by atoms with van der Waals surface area (Å²) in [6.07, 6.45) is 0. The molecule has 10 heteroatoms. The summed E-state index contributed by atoms with van der Waals surface area (Å²) in [5, 5.41) is 2.47. The molecule has 1 atom stereocenters. The van der Waals surface area contributed by atoms with Gasteiger partial charge in [0.15, 0.2) is 5.16 Å². The number of benzene rings is 1. The van der Waals surface area contributed by atoms with E-state index in [-0.39, 0.29) is 17.6 Å². The number of urea groups is 1. The molecule has 1 aliphatic heterocycles. The fourth-order valence-corrected chi connectivity index (χ4v) is 3.65. The largest absolute Gasteiger partial charge is 0.468 e. The first-order chi connectivity index (χ1) is 12.9. The Morgan fingerprint density at radius 2 is 2.07 bits per heavy atom. The maximum Gasteiger partial charge on any atom is 0.325 e. The molecule has 2 heterocycles. The van der Waals surface area contributed by atoms with Crippen LogP contribution in [0.15, 0.2) is 34.2 Å². The molecule has 1 fully saturated rings. The van der Waals surface area contributed by atoms with Crippen molar-refractivity contribution in [2.75, 3.05) is 20.2 Å². The fraction of sp³-hybridized carbons (Fsp3) is 0.353. The van der Waals surface area contributed by atoms with Crippen molar-refractivity contribution in [2.45, 2.75) is 23.9 Å². The summed E-state index contributed by atoms with van der Waals surface area (Å²) in [4.78, 5) is 54.4. The highest BCUT2D eigenvalue weighted by Crippen LogP contribution is 2.24. The van der Waals surface area contributed by atoms with Crippen LogP contribution in [0.4, 0.5) is 4.79 Å². The minimum Gasteiger partial charge on any atom is -0.468 e. The van der Waals surface area contributed by atoms with Gasteiger partial charge in [0.25, 0.3) is 5.56 Å². The number of esters is 1. The lowest BCUT2D eigenvalue weighted by Crippen LogP contribution is -2.39. The lowest BCUT2D eigenvalue weighted by molar-refractivity contribution is -0.141. The van der Waals surface area contributed by atoms with E-state index >= 15 is 0 Å². The number of hydrogen-bond donors (Lipinski definition) is 1. The quantitative estimate of drug-likeness (QED) is 0.452. The number of imide groups is 1. The van der Waals surface area contributed by atoms with E-state index in [0.717, 1.165) is 16.7 Å². The summed E-state index contributed by atoms with van der Waals surface area (Å²) in [6.45, 7) is 2.01. The molecule has 1 saturated heterocycles. The molecule has 0 bridgehead atoms. The van der Waals surface area contributed by atoms with Gasteiger partial charge in [0, 0.05) is 13.1 Å². The van der Waals surface area contributed by atoms with Gasteiger partial charge in [-0.25, -0.2) is 9.78 Å². The number of aromatic nitrogens is 2. The Bertz CT molecular complexity index is 973. The van der Waals surface area contributed by atoms with Crippen molar-refractivity contribution in [2.24, 2.45) is 0 Å². The Hall–Kier alpha value is -2.88. The predicted octanol–water partition coefficient (Wildman–Crippen LogP) is 0.602. The van der Waals surface area contributed by atoms with E-state index in [1.807, 2.05) is 0 Å². The normalized spacial score (nSPS) is 14.9. The SMILES string of the molecule is COC(=O)Cn1c(S[C@H](C)C(=O)N2CCNC2=O)nc2ccccc2c1=O. The van der Waals surface area contributed by atoms with Crippen LogP contribution in [0.3, 0.4) is 0 Å². The molecule has 0 spiro atoms. The first kappa shape index (κ1) is 18.9. The van der Waals surface area contributed by atoms with Gasteiger partial charge >= 0.3 is 12.0 Å². The highest BCUT2D eigenvalue weighted by Gasteiger charge is 2.31. The van der Waals surface area contributed by atoms with Gasteiger partial charge in [-0.2, -0.15) is 0 Å². The summed E-state index contributed by atoms with van der Waals surface area (Å²) < 4.78 is 5.85. The van der Waals surface area contributed by atoms with Gasteiger partial charge in [-0.15, -0.1) is 0 Å². The molecule has 0 unspecified atom stereocenters. The molecule has 142 valence electrons. The number of para-hydroxylation sites is 1. The van der Waals surface area contributed by atoms with E-state index in [4.69, 9.17) is 0 Å². The molecule has 0 saturated carbocycles. The Kier molecular flexibility index (Phi) is 5.45. The van der Waals surface area contributed by atoms with E-state index in [2.05, 4.69) is 15.0 Å². The van der Waals surface area contributed by atoms with Crippen LogP contribution in [0.2, 0.25) is 0 Å². The molecule has 9 nitrogen and oxygen atoms in total. The van der Waals surface area contributed by atoms with Gasteiger partial charge in [-0.05, 0) is 19.1 Å². The zero-order valence-electron chi connectivity index (χ0n) is 14.8. The standard InChI is InChI=1S/C17H18N4O5S/c1-10(14(23)20-8-7-18-16(20)25)27-17-19-12-6-4-3-5-11(12)15(24)21(17)9-13(22)26-2/h3-6,10H,7-9H2,1-2H3,(H,18,25)/t10-/m1/s1. The molecule has 2 aromatic rings. The van der Waals surface area contributed by atoms with E-state index < -0.39 is 22.8 Å². The lowest BCUT2D eigenvalue weighted by Gasteiger charge is -2.19. The van der Waals surface area contributed by atoms with Crippen LogP contribution < -0.4 is 10.9 Å². The first-order valence-electron chi connectivity index (χ1n) is 8.24. The van der Waals surface area contributed by atoms with Crippen LogP contribution in [0, 0.1) is 0 Å². The monoisotopic (exact) mass is 390 g/mol. The number of nitrogens with one attached hydrogen (secondary N) is 1. The zero-order valence-corrected chi connectivity index (χ0v) is 15.6. The van der Waals surface area contributed by atoms with Crippen molar-refractivity contribution in [3.8, 4) is 0 Å². The average molecular weight is 390 g/mol. The second-order valence-corrected chi connectivity index (χ2v) is 7.17. The van der Waals surface area contributed by atoms with Gasteiger partial charge in [-0.3, -0.25) is 23.9 Å². The minimum absolute atomic E-state index is 0.213. The molecule has 0 radical (unpaired) electrons. The molecule has 1 N–H and O–H groups in total. The van der Waals surface area contributed by atoms with Gasteiger partial charge in [0.05, 0.1) is 23.3 Å². The second kappa shape index (κ2) is 7.78. The van der Waals surface area contributed by atoms with Gasteiger partial charge < -0.3 is 10.1 Å². The average Bonchev–Trinajstić information content (AvgIpc) is 3.09. The number of nitrogens with zero attached hydrogens (tertiary/aromatic N) is 3. The van der Waals surface area contributed by atoms with Crippen molar-refractivity contribution in [3.05, 3.63) is 34.6 Å². The zero-order chi connectivity index (χ0) is 19.6. The van der Waals surface area contributed by atoms with Crippen molar-refractivity contribution < 1.29 is 19.1 Å². The third-order valence-corrected chi connectivity index (χ3v) is 5.17. The minimum atomic E-state index is -0.675. The number of carbonyl (C=O) groups is 3. The molecular formula is C17H18N4O5S. The number of amides is 3. The van der Waals surface area contributed by atoms with Crippen LogP contribution in [-0.4, -0.2) is 57.8 Å². The first-order valence-corrected chi connectivity index (χ1v) is 9.12. The van der Waals surface area contributed by atoms with Gasteiger partial charge in [0.2, 0.25) is 5.91 Å². The van der Waals surface area contributed by atoms with Crippen molar-refractivity contribution in [1.29, 1.82) is 0 Å². The molecule has 1 aliphatic rings. The third kappa shape index (κ3) is 3.80. The Morgan fingerprint density at radius 3 is 2.74 bits per heavy atom. The maximum atomic E-state index is 12.8. The van der Waals surface area contributed by atoms with Gasteiger partial charge in [0.1, 0.15) is 6.54 Å². The van der Waals surface area contributed by atoms with E-state index in [9.17, 15) is 19.2 Å². The Balaban J connectivity index is 1.97. The van der Waals surface area contributed by atoms with Crippen molar-refractivity contribution >= 4 is 40.6 Å². The van der Waals surface area contributed by atoms with Crippen LogP contribution in [-0.2, 0) is 20.9 Å². The molecule has 3 rings (SSSR count). The van der Waals surface area contributed by atoms with Crippen LogP contribution in [0.5, 0.6) is 0 Å². The highest BCUT2D eigenvalue weighted by atomic mass is 32.2. The molecule has 1 aromatic carbocycles. The summed E-state index contributed by atoms with van der Waals surface area (Å²) in [6, 6.07) is 6.32. The number of fused-ring (bicyclic) bond motifs is 1. The maximum absolute atomic E-state index is 12.8. The molecule has 27 heavy (non-hydrogen) atoms. The molecule has 1 aromatic heterocycles. The third-order valence-electron chi connectivity index (χ3n) is 4.09. The van der Waals surface area contributed by atoms with Crippen LogP contribution >= 0.6 is 11.8 Å². The van der Waals surface area contributed by atoms with Crippen LogP contribution in [0.1, 0.15) is 6.92 Å². The van der Waals surface area contributed by atoms with E-state index in [0.29, 0.717) is 24.0 Å². The summed E-state index contributed by atoms with van der Waals surface area (Å²) in [5.41, 5.74) is 0.0664. The van der Waals surface area contributed by atoms with Crippen LogP contribution in [0.25, 0.3) is 10.9 Å². The Morgan fingerprint density at radius 1 is 1.33 bits per heavy atom. The summed E-state index contributed by atoms with van der Waals surface area (Å²) >= 11 is 1.02. The smallest absolute Gasteiger partial charge is 0.325 e. The number of methoxy groups -OCH3 is 1. The topological polar surface area (TPSA) is 111 Å². The number of rotatable bonds is 5. The predicted molar refractivity (Wildman–Crippen MR) is 98.4 cm³/mol. The summed E-state index contributed by atoms with van der Waals surface area (Å²) in [5.74, 6) is -0.990. The number of hydrogen-bond acceptors (Lipinski definition) is 7. The number of ether oxygens (including phenoxy) is 1. The summed E-state index contributed by atoms with van der Waals surface area (Å²) in [7, 11) is 1.23. The molecular weight excluding hydrogens is 372 g/mol. The second-order valence-electron chi connectivity index (χ2n) is 5.86. The van der Waals surface area contributed by atoms with Crippen molar-refractivity contribution in [1.82, 2.24) is 19.8 Å². The highest BCUT2D eigenvalue weighted by molar-refractivity contribution is 8.00. The Labute approximate surface area is 158 Å². The van der Waals surface area contributed by atoms with E-state index in [1.54, 1.807) is 31.2 Å². The van der Waals surface area contributed by atoms with Crippen molar-refractivity contribution in [3.63, 3.8) is 0 Å². The molecule has 3 amide bonds. The fourth-order valence-electron chi connectivity index (χ4n) is 2.68.